The van der Waals surface area contributed by atoms with Gasteiger partial charge in [0.2, 0.25) is 0 Å². The third-order valence-electron chi connectivity index (χ3n) is 4.04. The van der Waals surface area contributed by atoms with Gasteiger partial charge < -0.3 is 0 Å². The van der Waals surface area contributed by atoms with Crippen molar-refractivity contribution in [1.29, 1.82) is 0 Å². The van der Waals surface area contributed by atoms with E-state index in [0.29, 0.717) is 17.2 Å². The van der Waals surface area contributed by atoms with Gasteiger partial charge in [-0.2, -0.15) is 18.3 Å². The molecule has 1 aromatic carbocycles. The number of para-hydroxylation sites is 1. The second kappa shape index (κ2) is 6.55. The number of anilines is 1. The Hall–Kier alpha value is -3.48. The fraction of sp³-hybridized carbons (Fsp3) is 0.125. The second-order valence-corrected chi connectivity index (χ2v) is 7.70. The van der Waals surface area contributed by atoms with Crippen LogP contribution >= 0.6 is 0 Å². The summed E-state index contributed by atoms with van der Waals surface area (Å²) in [7, 11) is -2.38. The Kier molecular flexibility index (Phi) is 4.26. The average molecular weight is 423 g/mol. The van der Waals surface area contributed by atoms with Crippen LogP contribution in [0.3, 0.4) is 0 Å². The summed E-state index contributed by atoms with van der Waals surface area (Å²) < 4.78 is 68.2. The number of fused-ring (bicyclic) bond motifs is 1. The Morgan fingerprint density at radius 3 is 2.55 bits per heavy atom. The third-order valence-corrected chi connectivity index (χ3v) is 5.40. The molecule has 3 heterocycles. The van der Waals surface area contributed by atoms with Crippen molar-refractivity contribution in [1.82, 2.24) is 29.8 Å². The molecule has 4 aromatic rings. The van der Waals surface area contributed by atoms with E-state index in [1.165, 1.54) is 16.8 Å². The lowest BCUT2D eigenvalue weighted by atomic mass is 10.3. The molecule has 150 valence electrons. The molecule has 0 aliphatic carbocycles. The molecule has 4 rings (SSSR count). The summed E-state index contributed by atoms with van der Waals surface area (Å²) in [6, 6.07) is 7.37. The molecule has 0 spiro atoms. The zero-order chi connectivity index (χ0) is 20.8. The van der Waals surface area contributed by atoms with Gasteiger partial charge in [-0.15, -0.1) is 5.10 Å². The monoisotopic (exact) mass is 423 g/mol. The van der Waals surface area contributed by atoms with Crippen LogP contribution in [-0.2, 0) is 23.2 Å². The number of hydrogen-bond acceptors (Lipinski definition) is 6. The first-order valence-electron chi connectivity index (χ1n) is 8.05. The van der Waals surface area contributed by atoms with E-state index in [4.69, 9.17) is 0 Å². The highest BCUT2D eigenvalue weighted by Crippen LogP contribution is 2.29. The van der Waals surface area contributed by atoms with Crippen molar-refractivity contribution >= 4 is 26.7 Å². The summed E-state index contributed by atoms with van der Waals surface area (Å²) in [5, 5.41) is 11.4. The molecule has 9 nitrogen and oxygen atoms in total. The number of nitrogens with zero attached hydrogens (tertiary/aromatic N) is 6. The van der Waals surface area contributed by atoms with Gasteiger partial charge in [0.05, 0.1) is 17.4 Å². The third kappa shape index (κ3) is 3.51. The van der Waals surface area contributed by atoms with Crippen LogP contribution in [0.5, 0.6) is 0 Å². The van der Waals surface area contributed by atoms with Crippen LogP contribution in [0.15, 0.2) is 53.8 Å². The molecule has 0 aliphatic rings. The van der Waals surface area contributed by atoms with Crippen molar-refractivity contribution in [2.75, 3.05) is 4.72 Å². The van der Waals surface area contributed by atoms with E-state index in [9.17, 15) is 21.6 Å². The lowest BCUT2D eigenvalue weighted by Crippen LogP contribution is -2.14. The number of hydrogen-bond donors (Lipinski definition) is 1. The minimum Gasteiger partial charge on any atom is -0.277 e. The lowest BCUT2D eigenvalue weighted by molar-refractivity contribution is -0.137. The number of aryl methyl sites for hydroxylation is 1. The highest BCUT2D eigenvalue weighted by molar-refractivity contribution is 7.92. The summed E-state index contributed by atoms with van der Waals surface area (Å²) in [5.74, 6) is 0.0392. The molecule has 0 saturated carbocycles. The number of sulfonamides is 1. The van der Waals surface area contributed by atoms with Crippen LogP contribution in [0.4, 0.5) is 18.9 Å². The molecule has 0 amide bonds. The number of halogens is 3. The second-order valence-electron chi connectivity index (χ2n) is 6.02. The van der Waals surface area contributed by atoms with Gasteiger partial charge in [0.15, 0.2) is 5.82 Å². The number of rotatable bonds is 4. The van der Waals surface area contributed by atoms with Crippen LogP contribution in [-0.4, -0.2) is 38.2 Å². The molecule has 29 heavy (non-hydrogen) atoms. The smallest absolute Gasteiger partial charge is 0.277 e. The van der Waals surface area contributed by atoms with Crippen LogP contribution in [0.25, 0.3) is 16.9 Å². The summed E-state index contributed by atoms with van der Waals surface area (Å²) in [6.07, 6.45) is -2.07. The molecule has 13 heteroatoms. The van der Waals surface area contributed by atoms with E-state index in [-0.39, 0.29) is 16.4 Å². The SMILES string of the molecule is Cn1nnc2cccc(NS(=O)(=O)c3ccc(-n4cc(C(F)(F)F)cn4)nc3)c21. The quantitative estimate of drug-likeness (QED) is 0.540. The summed E-state index contributed by atoms with van der Waals surface area (Å²) in [6.45, 7) is 0. The van der Waals surface area contributed by atoms with E-state index in [1.807, 2.05) is 0 Å². The van der Waals surface area contributed by atoms with Crippen LogP contribution < -0.4 is 4.72 Å². The van der Waals surface area contributed by atoms with Crippen LogP contribution in [0, 0.1) is 0 Å². The van der Waals surface area contributed by atoms with E-state index < -0.39 is 21.8 Å². The molecule has 0 atom stereocenters. The van der Waals surface area contributed by atoms with Gasteiger partial charge in [-0.25, -0.2) is 22.8 Å². The van der Waals surface area contributed by atoms with Crippen molar-refractivity contribution in [2.45, 2.75) is 11.1 Å². The molecular formula is C16H12F3N7O2S. The highest BCUT2D eigenvalue weighted by Gasteiger charge is 2.32. The topological polar surface area (TPSA) is 108 Å². The number of benzene rings is 1. The first-order chi connectivity index (χ1) is 13.6. The Morgan fingerprint density at radius 1 is 1.10 bits per heavy atom. The molecule has 0 saturated heterocycles. The first kappa shape index (κ1) is 18.9. The predicted molar refractivity (Wildman–Crippen MR) is 95.7 cm³/mol. The van der Waals surface area contributed by atoms with E-state index in [1.54, 1.807) is 25.2 Å². The van der Waals surface area contributed by atoms with Gasteiger partial charge in [-0.3, -0.25) is 4.72 Å². The maximum absolute atomic E-state index is 12.7. The Morgan fingerprint density at radius 2 is 1.90 bits per heavy atom. The van der Waals surface area contributed by atoms with Gasteiger partial charge in [0, 0.05) is 19.4 Å². The fourth-order valence-corrected chi connectivity index (χ4v) is 3.67. The predicted octanol–water partition coefficient (Wildman–Crippen LogP) is 2.37. The first-order valence-corrected chi connectivity index (χ1v) is 9.53. The molecule has 0 aliphatic heterocycles. The Bertz CT molecular complexity index is 1290. The minimum absolute atomic E-state index is 0.0392. The molecular weight excluding hydrogens is 411 g/mol. The van der Waals surface area contributed by atoms with Crippen LogP contribution in [0.2, 0.25) is 0 Å². The van der Waals surface area contributed by atoms with Gasteiger partial charge in [-0.05, 0) is 24.3 Å². The zero-order valence-corrected chi connectivity index (χ0v) is 15.5. The zero-order valence-electron chi connectivity index (χ0n) is 14.7. The highest BCUT2D eigenvalue weighted by atomic mass is 32.2. The Balaban J connectivity index is 1.62. The van der Waals surface area contributed by atoms with Gasteiger partial charge in [0.25, 0.3) is 10.0 Å². The fourth-order valence-electron chi connectivity index (χ4n) is 2.66. The number of pyridine rings is 1. The standard InChI is InChI=1S/C16H12F3N7O2S/c1-25-15-12(22-24-25)3-2-4-13(15)23-29(27,28)11-5-6-14(20-8-11)26-9-10(7-21-26)16(17,18)19/h2-9,23H,1H3. The number of alkyl halides is 3. The number of aromatic nitrogens is 6. The minimum atomic E-state index is -4.53. The normalized spacial score (nSPS) is 12.4. The molecule has 0 radical (unpaired) electrons. The van der Waals surface area contributed by atoms with Crippen molar-refractivity contribution < 1.29 is 21.6 Å². The van der Waals surface area contributed by atoms with E-state index >= 15 is 0 Å². The average Bonchev–Trinajstić information content (AvgIpc) is 3.30. The van der Waals surface area contributed by atoms with Crippen molar-refractivity contribution in [3.8, 4) is 5.82 Å². The molecule has 1 N–H and O–H groups in total. The van der Waals surface area contributed by atoms with E-state index in [2.05, 4.69) is 25.1 Å². The molecule has 3 aromatic heterocycles. The summed E-state index contributed by atoms with van der Waals surface area (Å²) in [5.41, 5.74) is 0.355. The maximum Gasteiger partial charge on any atom is 0.419 e. The van der Waals surface area contributed by atoms with Gasteiger partial charge in [-0.1, -0.05) is 11.3 Å². The molecule has 0 fully saturated rings. The summed E-state index contributed by atoms with van der Waals surface area (Å²) >= 11 is 0. The Labute approximate surface area is 161 Å². The van der Waals surface area contributed by atoms with Crippen molar-refractivity contribution in [3.05, 3.63) is 54.5 Å². The van der Waals surface area contributed by atoms with Crippen molar-refractivity contribution in [2.24, 2.45) is 7.05 Å². The van der Waals surface area contributed by atoms with Crippen LogP contribution in [0.1, 0.15) is 5.56 Å². The molecule has 0 unspecified atom stereocenters. The van der Waals surface area contributed by atoms with Gasteiger partial charge in [0.1, 0.15) is 15.9 Å². The van der Waals surface area contributed by atoms with E-state index in [0.717, 1.165) is 17.1 Å². The van der Waals surface area contributed by atoms with Gasteiger partial charge >= 0.3 is 6.18 Å². The largest absolute Gasteiger partial charge is 0.419 e. The van der Waals surface area contributed by atoms with Crippen molar-refractivity contribution in [3.63, 3.8) is 0 Å². The summed E-state index contributed by atoms with van der Waals surface area (Å²) in [4.78, 5) is 3.74. The molecule has 0 bridgehead atoms. The lowest BCUT2D eigenvalue weighted by Gasteiger charge is -2.10. The number of nitrogens with one attached hydrogen (secondary N) is 1. The maximum atomic E-state index is 12.7.